The molecule has 3 unspecified atom stereocenters. The van der Waals surface area contributed by atoms with Crippen LogP contribution in [0.5, 0.6) is 0 Å². The van der Waals surface area contributed by atoms with Gasteiger partial charge in [-0.2, -0.15) is 0 Å². The number of rotatable bonds is 6. The minimum atomic E-state index is 0.294. The maximum absolute atomic E-state index is 2.78. The first kappa shape index (κ1) is 32.4. The Hall–Kier alpha value is -6.04. The van der Waals surface area contributed by atoms with E-state index in [1.807, 2.05) is 11.3 Å². The lowest BCUT2D eigenvalue weighted by molar-refractivity contribution is 0.377. The first-order chi connectivity index (χ1) is 27.3. The highest BCUT2D eigenvalue weighted by Crippen LogP contribution is 2.54. The molecule has 0 N–H and O–H groups in total. The van der Waals surface area contributed by atoms with Crippen LogP contribution in [0.2, 0.25) is 5.82 Å². The largest absolute Gasteiger partial charge is 0.339 e. The van der Waals surface area contributed by atoms with Gasteiger partial charge < -0.3 is 14.7 Å². The molecule has 5 heteroatoms. The SMILES string of the molecule is c1ccc(-c2cccc(N3c4c(sc5ccccc45)B4c5ccc(N(c6ccccc6)c6ccccc6)cc5N(c5ccccc5)C5CCCC3C45)c2)cc1. The second kappa shape index (κ2) is 13.4. The number of nitrogens with zero attached hydrogens (tertiary/aromatic N) is 3. The highest BCUT2D eigenvalue weighted by molar-refractivity contribution is 7.32. The van der Waals surface area contributed by atoms with Crippen LogP contribution in [-0.2, 0) is 0 Å². The zero-order valence-corrected chi connectivity index (χ0v) is 31.4. The fraction of sp³-hybridized carbons (Fsp3) is 0.120. The van der Waals surface area contributed by atoms with Crippen LogP contribution in [-0.4, -0.2) is 18.8 Å². The van der Waals surface area contributed by atoms with Crippen molar-refractivity contribution in [2.75, 3.05) is 14.7 Å². The first-order valence-electron chi connectivity index (χ1n) is 19.7. The molecular formula is C50H40BN3S. The van der Waals surface area contributed by atoms with Gasteiger partial charge in [-0.15, -0.1) is 11.3 Å². The van der Waals surface area contributed by atoms with Crippen molar-refractivity contribution >= 4 is 78.2 Å². The molecule has 3 aliphatic rings. The Kier molecular flexibility index (Phi) is 7.87. The zero-order chi connectivity index (χ0) is 36.3. The van der Waals surface area contributed by atoms with Crippen molar-refractivity contribution in [1.29, 1.82) is 0 Å². The molecule has 0 radical (unpaired) electrons. The summed E-state index contributed by atoms with van der Waals surface area (Å²) in [4.78, 5) is 7.92. The molecule has 1 saturated carbocycles. The maximum atomic E-state index is 2.78. The van der Waals surface area contributed by atoms with Crippen LogP contribution >= 0.6 is 11.3 Å². The summed E-state index contributed by atoms with van der Waals surface area (Å²) < 4.78 is 2.87. The van der Waals surface area contributed by atoms with Gasteiger partial charge in [0.25, 0.3) is 0 Å². The van der Waals surface area contributed by atoms with Gasteiger partial charge in [0, 0.05) is 61.1 Å². The van der Waals surface area contributed by atoms with Gasteiger partial charge in [0.1, 0.15) is 0 Å². The zero-order valence-electron chi connectivity index (χ0n) is 30.6. The molecule has 7 aromatic carbocycles. The van der Waals surface area contributed by atoms with Crippen LogP contribution in [0.15, 0.2) is 188 Å². The van der Waals surface area contributed by atoms with Crippen molar-refractivity contribution in [2.24, 2.45) is 0 Å². The average Bonchev–Trinajstić information content (AvgIpc) is 3.64. The van der Waals surface area contributed by atoms with Gasteiger partial charge in [-0.3, -0.25) is 0 Å². The molecule has 1 aromatic heterocycles. The summed E-state index contributed by atoms with van der Waals surface area (Å²) >= 11 is 2.02. The summed E-state index contributed by atoms with van der Waals surface area (Å²) in [5.74, 6) is 0.410. The lowest BCUT2D eigenvalue weighted by Gasteiger charge is -2.57. The molecule has 1 fully saturated rings. The van der Waals surface area contributed by atoms with Gasteiger partial charge in [-0.25, -0.2) is 0 Å². The van der Waals surface area contributed by atoms with Crippen molar-refractivity contribution in [2.45, 2.75) is 37.2 Å². The Morgan fingerprint density at radius 1 is 0.509 bits per heavy atom. The molecule has 55 heavy (non-hydrogen) atoms. The summed E-state index contributed by atoms with van der Waals surface area (Å²) in [5, 5.41) is 1.37. The Bertz CT molecular complexity index is 2590. The molecule has 3 nitrogen and oxygen atoms in total. The molecule has 1 aliphatic carbocycles. The molecule has 0 spiro atoms. The van der Waals surface area contributed by atoms with Crippen molar-refractivity contribution in [3.63, 3.8) is 0 Å². The third kappa shape index (κ3) is 5.32. The number of thiophene rings is 1. The van der Waals surface area contributed by atoms with Crippen molar-refractivity contribution < 1.29 is 0 Å². The van der Waals surface area contributed by atoms with E-state index in [1.165, 1.54) is 72.7 Å². The summed E-state index contributed by atoms with van der Waals surface area (Å²) in [6.45, 7) is 0.294. The van der Waals surface area contributed by atoms with Crippen LogP contribution in [0.3, 0.4) is 0 Å². The number of para-hydroxylation sites is 3. The molecule has 0 amide bonds. The topological polar surface area (TPSA) is 9.72 Å². The summed E-state index contributed by atoms with van der Waals surface area (Å²) in [6.07, 6.45) is 3.52. The molecule has 2 aliphatic heterocycles. The van der Waals surface area contributed by atoms with E-state index in [2.05, 4.69) is 203 Å². The van der Waals surface area contributed by atoms with E-state index in [0.29, 0.717) is 24.6 Å². The van der Waals surface area contributed by atoms with Gasteiger partial charge in [0.05, 0.1) is 5.69 Å². The van der Waals surface area contributed by atoms with Crippen molar-refractivity contribution in [3.8, 4) is 11.1 Å². The Morgan fingerprint density at radius 2 is 1.11 bits per heavy atom. The average molecular weight is 726 g/mol. The van der Waals surface area contributed by atoms with E-state index < -0.39 is 0 Å². The predicted molar refractivity (Wildman–Crippen MR) is 236 cm³/mol. The number of hydrogen-bond donors (Lipinski definition) is 0. The van der Waals surface area contributed by atoms with E-state index in [-0.39, 0.29) is 0 Å². The Morgan fingerprint density at radius 3 is 1.84 bits per heavy atom. The van der Waals surface area contributed by atoms with E-state index >= 15 is 0 Å². The van der Waals surface area contributed by atoms with E-state index in [4.69, 9.17) is 0 Å². The van der Waals surface area contributed by atoms with Crippen LogP contribution < -0.4 is 24.9 Å². The number of hydrogen-bond acceptors (Lipinski definition) is 4. The Balaban J connectivity index is 1.15. The van der Waals surface area contributed by atoms with E-state index in [1.54, 1.807) is 0 Å². The second-order valence-corrected chi connectivity index (χ2v) is 16.3. The third-order valence-corrected chi connectivity index (χ3v) is 13.5. The molecule has 0 saturated heterocycles. The monoisotopic (exact) mass is 725 g/mol. The third-order valence-electron chi connectivity index (χ3n) is 12.2. The predicted octanol–water partition coefficient (Wildman–Crippen LogP) is 12.2. The molecule has 0 bridgehead atoms. The van der Waals surface area contributed by atoms with Crippen molar-refractivity contribution in [1.82, 2.24) is 0 Å². The van der Waals surface area contributed by atoms with E-state index in [0.717, 1.165) is 17.8 Å². The van der Waals surface area contributed by atoms with Crippen LogP contribution in [0.25, 0.3) is 21.2 Å². The lowest BCUT2D eigenvalue weighted by Crippen LogP contribution is -2.67. The van der Waals surface area contributed by atoms with E-state index in [9.17, 15) is 0 Å². The minimum Gasteiger partial charge on any atom is -0.339 e. The molecule has 264 valence electrons. The normalized spacial score (nSPS) is 18.4. The van der Waals surface area contributed by atoms with Gasteiger partial charge in [-0.1, -0.05) is 121 Å². The smallest absolute Gasteiger partial charge is 0.235 e. The molecule has 11 rings (SSSR count). The highest BCUT2D eigenvalue weighted by Gasteiger charge is 2.56. The lowest BCUT2D eigenvalue weighted by atomic mass is 9.29. The summed E-state index contributed by atoms with van der Waals surface area (Å²) in [7, 11) is 0. The van der Waals surface area contributed by atoms with Gasteiger partial charge >= 0.3 is 0 Å². The fourth-order valence-electron chi connectivity index (χ4n) is 10.1. The van der Waals surface area contributed by atoms with Crippen LogP contribution in [0.4, 0.5) is 39.8 Å². The highest BCUT2D eigenvalue weighted by atomic mass is 32.1. The molecule has 3 heterocycles. The number of benzene rings is 7. The quantitative estimate of drug-likeness (QED) is 0.158. The van der Waals surface area contributed by atoms with Gasteiger partial charge in [0.15, 0.2) is 0 Å². The van der Waals surface area contributed by atoms with Crippen LogP contribution in [0, 0.1) is 0 Å². The van der Waals surface area contributed by atoms with Crippen molar-refractivity contribution in [3.05, 3.63) is 188 Å². The summed E-state index contributed by atoms with van der Waals surface area (Å²) in [6, 6.07) is 70.2. The molecule has 8 aromatic rings. The van der Waals surface area contributed by atoms with Gasteiger partial charge in [0.2, 0.25) is 6.71 Å². The van der Waals surface area contributed by atoms with Gasteiger partial charge in [-0.05, 0) is 108 Å². The minimum absolute atomic E-state index is 0.294. The number of fused-ring (bicyclic) bond motifs is 6. The number of anilines is 7. The molecular weight excluding hydrogens is 685 g/mol. The second-order valence-electron chi connectivity index (χ2n) is 15.2. The standard InChI is InChI=1S/C50H40BN3S/c1-5-17-35(18-6-1)36-19-15-26-40(33-36)54-45-29-16-28-44-48(45)51(50-49(54)42-27-13-14-30-47(42)55-50)43-32-31-41(34-46(43)53(44)39-24-11-4-12-25-39)52(37-20-7-2-8-21-37)38-22-9-3-10-23-38/h1-15,17-27,30-34,44-45,48H,16,28-29H2. The maximum Gasteiger partial charge on any atom is 0.235 e. The Labute approximate surface area is 327 Å². The summed E-state index contributed by atoms with van der Waals surface area (Å²) in [5.41, 5.74) is 12.8. The fourth-order valence-corrected chi connectivity index (χ4v) is 11.4. The van der Waals surface area contributed by atoms with Crippen LogP contribution in [0.1, 0.15) is 19.3 Å². The first-order valence-corrected chi connectivity index (χ1v) is 20.5. The molecule has 3 atom stereocenters.